The Balaban J connectivity index is 2.08. The van der Waals surface area contributed by atoms with Gasteiger partial charge in [0.1, 0.15) is 17.0 Å². The standard InChI is InChI=1S/C20H23N3O4S/c1-4-13(2)21-17(24)12-22-15-9-10-28-18(15)19(25)23(20(22)26)11-14-7-5-6-8-16(14)27-3/h5-10,13H,4,11-12H2,1-3H3,(H,21,24)/t13-/m0/s1. The van der Waals surface area contributed by atoms with Gasteiger partial charge in [0.2, 0.25) is 5.91 Å². The average molecular weight is 401 g/mol. The van der Waals surface area contributed by atoms with E-state index in [1.165, 1.54) is 15.9 Å². The summed E-state index contributed by atoms with van der Waals surface area (Å²) in [6, 6.07) is 8.95. The number of hydrogen-bond acceptors (Lipinski definition) is 5. The second-order valence-corrected chi connectivity index (χ2v) is 7.50. The Morgan fingerprint density at radius 2 is 1.96 bits per heavy atom. The summed E-state index contributed by atoms with van der Waals surface area (Å²) in [5.41, 5.74) is 0.326. The second-order valence-electron chi connectivity index (χ2n) is 6.58. The van der Waals surface area contributed by atoms with E-state index in [4.69, 9.17) is 4.74 Å². The number of methoxy groups -OCH3 is 1. The van der Waals surface area contributed by atoms with Crippen LogP contribution in [0.4, 0.5) is 0 Å². The minimum atomic E-state index is -0.513. The first-order chi connectivity index (χ1) is 13.5. The Morgan fingerprint density at radius 3 is 2.68 bits per heavy atom. The average Bonchev–Trinajstić information content (AvgIpc) is 3.18. The molecule has 2 heterocycles. The Morgan fingerprint density at radius 1 is 1.21 bits per heavy atom. The van der Waals surface area contributed by atoms with Crippen LogP contribution in [0.25, 0.3) is 10.2 Å². The summed E-state index contributed by atoms with van der Waals surface area (Å²) >= 11 is 1.26. The molecule has 0 spiro atoms. The van der Waals surface area contributed by atoms with Crippen LogP contribution in [0.1, 0.15) is 25.8 Å². The first-order valence-corrected chi connectivity index (χ1v) is 9.96. The van der Waals surface area contributed by atoms with Gasteiger partial charge in [0, 0.05) is 11.6 Å². The van der Waals surface area contributed by atoms with Gasteiger partial charge in [-0.1, -0.05) is 25.1 Å². The van der Waals surface area contributed by atoms with Gasteiger partial charge in [-0.2, -0.15) is 0 Å². The summed E-state index contributed by atoms with van der Waals surface area (Å²) in [4.78, 5) is 38.4. The summed E-state index contributed by atoms with van der Waals surface area (Å²) < 4.78 is 8.31. The van der Waals surface area contributed by atoms with E-state index in [0.717, 1.165) is 16.6 Å². The molecule has 1 atom stereocenters. The van der Waals surface area contributed by atoms with Crippen LogP contribution in [0.2, 0.25) is 0 Å². The molecule has 0 saturated carbocycles. The first kappa shape index (κ1) is 19.9. The fraction of sp³-hybridized carbons (Fsp3) is 0.350. The van der Waals surface area contributed by atoms with Crippen LogP contribution in [-0.2, 0) is 17.9 Å². The van der Waals surface area contributed by atoms with Gasteiger partial charge < -0.3 is 10.1 Å². The van der Waals surface area contributed by atoms with E-state index in [1.54, 1.807) is 24.6 Å². The number of thiophene rings is 1. The van der Waals surface area contributed by atoms with Crippen molar-refractivity contribution < 1.29 is 9.53 Å². The molecule has 8 heteroatoms. The number of para-hydroxylation sites is 1. The van der Waals surface area contributed by atoms with Gasteiger partial charge in [-0.25, -0.2) is 4.79 Å². The van der Waals surface area contributed by atoms with Crippen molar-refractivity contribution >= 4 is 27.5 Å². The third-order valence-electron chi connectivity index (χ3n) is 4.68. The fourth-order valence-corrected chi connectivity index (χ4v) is 3.84. The van der Waals surface area contributed by atoms with E-state index >= 15 is 0 Å². The monoisotopic (exact) mass is 401 g/mol. The fourth-order valence-electron chi connectivity index (χ4n) is 3.00. The highest BCUT2D eigenvalue weighted by molar-refractivity contribution is 7.17. The predicted molar refractivity (Wildman–Crippen MR) is 110 cm³/mol. The summed E-state index contributed by atoms with van der Waals surface area (Å²) in [5, 5.41) is 4.61. The van der Waals surface area contributed by atoms with E-state index in [0.29, 0.717) is 16.0 Å². The van der Waals surface area contributed by atoms with Crippen molar-refractivity contribution in [1.82, 2.24) is 14.5 Å². The molecule has 0 fully saturated rings. The van der Waals surface area contributed by atoms with Gasteiger partial charge in [-0.3, -0.25) is 18.7 Å². The van der Waals surface area contributed by atoms with Gasteiger partial charge in [-0.15, -0.1) is 11.3 Å². The van der Waals surface area contributed by atoms with Crippen molar-refractivity contribution in [1.29, 1.82) is 0 Å². The van der Waals surface area contributed by atoms with Crippen molar-refractivity contribution in [3.8, 4) is 5.75 Å². The third-order valence-corrected chi connectivity index (χ3v) is 5.57. The van der Waals surface area contributed by atoms with Crippen LogP contribution >= 0.6 is 11.3 Å². The lowest BCUT2D eigenvalue weighted by molar-refractivity contribution is -0.122. The molecule has 7 nitrogen and oxygen atoms in total. The number of rotatable bonds is 7. The minimum absolute atomic E-state index is 0.0145. The zero-order valence-corrected chi connectivity index (χ0v) is 16.9. The molecule has 2 aromatic heterocycles. The molecule has 0 aliphatic rings. The molecule has 0 radical (unpaired) electrons. The van der Waals surface area contributed by atoms with E-state index in [9.17, 15) is 14.4 Å². The normalized spacial score (nSPS) is 12.1. The number of benzene rings is 1. The number of carbonyl (C=O) groups is 1. The highest BCUT2D eigenvalue weighted by Gasteiger charge is 2.18. The molecule has 1 aromatic carbocycles. The molecule has 3 aromatic rings. The molecule has 0 aliphatic heterocycles. The molecule has 0 unspecified atom stereocenters. The topological polar surface area (TPSA) is 82.3 Å². The van der Waals surface area contributed by atoms with Gasteiger partial charge in [0.05, 0.1) is 19.2 Å². The molecule has 148 valence electrons. The van der Waals surface area contributed by atoms with Gasteiger partial charge in [-0.05, 0) is 30.9 Å². The maximum absolute atomic E-state index is 13.1. The number of carbonyl (C=O) groups excluding carboxylic acids is 1. The van der Waals surface area contributed by atoms with E-state index < -0.39 is 5.69 Å². The minimum Gasteiger partial charge on any atom is -0.496 e. The summed E-state index contributed by atoms with van der Waals surface area (Å²) in [5.74, 6) is 0.340. The van der Waals surface area contributed by atoms with E-state index in [2.05, 4.69) is 5.32 Å². The molecular weight excluding hydrogens is 378 g/mol. The second kappa shape index (κ2) is 8.43. The van der Waals surface area contributed by atoms with Crippen molar-refractivity contribution in [3.05, 3.63) is 62.1 Å². The molecule has 0 saturated heterocycles. The Labute approximate surface area is 166 Å². The molecule has 0 bridgehead atoms. The van der Waals surface area contributed by atoms with Crippen molar-refractivity contribution in [2.75, 3.05) is 7.11 Å². The van der Waals surface area contributed by atoms with Crippen LogP contribution in [0.3, 0.4) is 0 Å². The Hall–Kier alpha value is -2.87. The number of ether oxygens (including phenoxy) is 1. The molecule has 3 rings (SSSR count). The largest absolute Gasteiger partial charge is 0.496 e. The van der Waals surface area contributed by atoms with Crippen molar-refractivity contribution in [2.45, 2.75) is 39.4 Å². The lowest BCUT2D eigenvalue weighted by atomic mass is 10.2. The third kappa shape index (κ3) is 3.87. The van der Waals surface area contributed by atoms with Crippen LogP contribution in [0, 0.1) is 0 Å². The summed E-state index contributed by atoms with van der Waals surface area (Å²) in [6.07, 6.45) is 0.793. The zero-order chi connectivity index (χ0) is 20.3. The van der Waals surface area contributed by atoms with Gasteiger partial charge in [0.15, 0.2) is 0 Å². The Kier molecular flexibility index (Phi) is 5.99. The zero-order valence-electron chi connectivity index (χ0n) is 16.1. The number of fused-ring (bicyclic) bond motifs is 1. The first-order valence-electron chi connectivity index (χ1n) is 9.08. The highest BCUT2D eigenvalue weighted by Crippen LogP contribution is 2.19. The molecule has 28 heavy (non-hydrogen) atoms. The summed E-state index contributed by atoms with van der Waals surface area (Å²) in [7, 11) is 1.54. The Bertz CT molecular complexity index is 1110. The van der Waals surface area contributed by atoms with Crippen LogP contribution < -0.4 is 21.3 Å². The maximum atomic E-state index is 13.1. The number of nitrogens with one attached hydrogen (secondary N) is 1. The van der Waals surface area contributed by atoms with Crippen LogP contribution in [-0.4, -0.2) is 28.2 Å². The summed E-state index contributed by atoms with van der Waals surface area (Å²) in [6.45, 7) is 3.82. The van der Waals surface area contributed by atoms with Gasteiger partial charge in [0.25, 0.3) is 5.56 Å². The molecular formula is C20H23N3O4S. The maximum Gasteiger partial charge on any atom is 0.332 e. The smallest absolute Gasteiger partial charge is 0.332 e. The van der Waals surface area contributed by atoms with Gasteiger partial charge >= 0.3 is 5.69 Å². The molecule has 0 aliphatic carbocycles. The van der Waals surface area contributed by atoms with E-state index in [1.807, 2.05) is 32.0 Å². The SMILES string of the molecule is CC[C@H](C)NC(=O)Cn1c(=O)n(Cc2ccccc2OC)c(=O)c2sccc21. The quantitative estimate of drug-likeness (QED) is 0.658. The molecule has 1 amide bonds. The lowest BCUT2D eigenvalue weighted by Crippen LogP contribution is -2.43. The van der Waals surface area contributed by atoms with E-state index in [-0.39, 0.29) is 30.6 Å². The number of hydrogen-bond donors (Lipinski definition) is 1. The van der Waals surface area contributed by atoms with Crippen LogP contribution in [0.5, 0.6) is 5.75 Å². The van der Waals surface area contributed by atoms with Crippen molar-refractivity contribution in [3.63, 3.8) is 0 Å². The van der Waals surface area contributed by atoms with Crippen LogP contribution in [0.15, 0.2) is 45.3 Å². The molecule has 1 N–H and O–H groups in total. The number of nitrogens with zero attached hydrogens (tertiary/aromatic N) is 2. The lowest BCUT2D eigenvalue weighted by Gasteiger charge is -2.15. The predicted octanol–water partition coefficient (Wildman–Crippen LogP) is 2.20. The van der Waals surface area contributed by atoms with Crippen molar-refractivity contribution in [2.24, 2.45) is 0 Å². The number of aromatic nitrogens is 2. The highest BCUT2D eigenvalue weighted by atomic mass is 32.1. The number of amides is 1.